The summed E-state index contributed by atoms with van der Waals surface area (Å²) in [6.07, 6.45) is 0.574. The quantitative estimate of drug-likeness (QED) is 0.271. The third-order valence-electron chi connectivity index (χ3n) is 6.04. The number of carbonyl (C=O) groups is 3. The Labute approximate surface area is 222 Å². The number of imide groups is 1. The van der Waals surface area contributed by atoms with Crippen molar-refractivity contribution in [3.63, 3.8) is 0 Å². The van der Waals surface area contributed by atoms with Gasteiger partial charge in [-0.3, -0.25) is 14.4 Å². The maximum Gasteiger partial charge on any atom is 0.303 e. The molecule has 1 aliphatic rings. The minimum atomic E-state index is -1.02. The first-order valence-electron chi connectivity index (χ1n) is 12.2. The molecule has 0 unspecified atom stereocenters. The second-order valence-electron chi connectivity index (χ2n) is 8.73. The Bertz CT molecular complexity index is 1470. The van der Waals surface area contributed by atoms with Gasteiger partial charge in [-0.05, 0) is 54.8 Å². The lowest BCUT2D eigenvalue weighted by Crippen LogP contribution is -2.43. The maximum atomic E-state index is 13.1. The topological polar surface area (TPSA) is 124 Å². The van der Waals surface area contributed by atoms with Crippen LogP contribution in [0.2, 0.25) is 0 Å². The molecule has 2 heterocycles. The zero-order chi connectivity index (χ0) is 26.5. The van der Waals surface area contributed by atoms with E-state index in [1.54, 1.807) is 41.7 Å². The van der Waals surface area contributed by atoms with Gasteiger partial charge in [0.2, 0.25) is 5.96 Å². The highest BCUT2D eigenvalue weighted by Gasteiger charge is 2.39. The number of amides is 2. The number of hydrogen-bond donors (Lipinski definition) is 3. The first kappa shape index (κ1) is 25.1. The number of hydrogen-bond acceptors (Lipinski definition) is 8. The lowest BCUT2D eigenvalue weighted by atomic mass is 10.1. The molecule has 2 amide bonds. The number of para-hydroxylation sites is 1. The van der Waals surface area contributed by atoms with Crippen LogP contribution in [0.1, 0.15) is 28.8 Å². The summed E-state index contributed by atoms with van der Waals surface area (Å²) < 4.78 is 1.14. The van der Waals surface area contributed by atoms with Crippen molar-refractivity contribution >= 4 is 56.1 Å². The van der Waals surface area contributed by atoms with Crippen molar-refractivity contribution < 1.29 is 19.5 Å². The maximum absolute atomic E-state index is 13.1. The summed E-state index contributed by atoms with van der Waals surface area (Å²) >= 11 is 1.62. The number of anilines is 2. The van der Waals surface area contributed by atoms with E-state index in [0.29, 0.717) is 11.3 Å². The zero-order valence-electron chi connectivity index (χ0n) is 20.3. The number of benzene rings is 3. The van der Waals surface area contributed by atoms with E-state index in [4.69, 9.17) is 5.11 Å². The summed E-state index contributed by atoms with van der Waals surface area (Å²) in [5.74, 6) is -1.99. The van der Waals surface area contributed by atoms with Gasteiger partial charge in [0.15, 0.2) is 5.13 Å². The van der Waals surface area contributed by atoms with E-state index in [-0.39, 0.29) is 18.8 Å². The molecule has 9 nitrogen and oxygen atoms in total. The van der Waals surface area contributed by atoms with Gasteiger partial charge < -0.3 is 15.7 Å². The van der Waals surface area contributed by atoms with Crippen molar-refractivity contribution in [1.29, 1.82) is 0 Å². The van der Waals surface area contributed by atoms with Crippen molar-refractivity contribution in [3.05, 3.63) is 90.0 Å². The molecule has 192 valence electrons. The Kier molecular flexibility index (Phi) is 7.41. The van der Waals surface area contributed by atoms with Crippen LogP contribution < -0.4 is 10.6 Å². The van der Waals surface area contributed by atoms with Gasteiger partial charge in [-0.2, -0.15) is 0 Å². The van der Waals surface area contributed by atoms with E-state index in [1.165, 1.54) is 0 Å². The number of nitrogens with one attached hydrogen (secondary N) is 2. The monoisotopic (exact) mass is 527 g/mol. The van der Waals surface area contributed by atoms with Gasteiger partial charge in [-0.1, -0.05) is 53.8 Å². The number of rotatable bonds is 9. The molecule has 1 aromatic heterocycles. The van der Waals surface area contributed by atoms with Crippen LogP contribution in [0.3, 0.4) is 0 Å². The Morgan fingerprint density at radius 2 is 1.71 bits per heavy atom. The van der Waals surface area contributed by atoms with E-state index < -0.39 is 23.8 Å². The van der Waals surface area contributed by atoms with E-state index in [9.17, 15) is 14.4 Å². The molecule has 0 aliphatic carbocycles. The number of aromatic nitrogens is 1. The van der Waals surface area contributed by atoms with Crippen molar-refractivity contribution in [3.8, 4) is 0 Å². The summed E-state index contributed by atoms with van der Waals surface area (Å²) in [6, 6.07) is 23.2. The summed E-state index contributed by atoms with van der Waals surface area (Å²) in [5.41, 5.74) is 3.08. The van der Waals surface area contributed by atoms with Gasteiger partial charge in [0.1, 0.15) is 6.04 Å². The first-order valence-corrected chi connectivity index (χ1v) is 13.0. The zero-order valence-corrected chi connectivity index (χ0v) is 21.1. The van der Waals surface area contributed by atoms with Crippen molar-refractivity contribution in [2.45, 2.75) is 25.3 Å². The largest absolute Gasteiger partial charge is 0.481 e. The predicted molar refractivity (Wildman–Crippen MR) is 148 cm³/mol. The standard InChI is InChI=1S/C28H25N5O4S/c34-24(35)15-14-22-26(37)33(25(36)19-6-2-1-3-7-19)27(31-22)30-20-12-10-18(11-13-20)16-17-29-28-32-21-8-4-5-9-23(21)38-28/h1-13,22H,14-17H2,(H,29,32)(H,30,31)(H,34,35)/t22-/m0/s1. The normalized spacial score (nSPS) is 14.9. The van der Waals surface area contributed by atoms with Crippen LogP contribution >= 0.6 is 11.3 Å². The third kappa shape index (κ3) is 5.70. The number of thiazole rings is 1. The predicted octanol–water partition coefficient (Wildman–Crippen LogP) is 4.63. The molecule has 0 radical (unpaired) electrons. The van der Waals surface area contributed by atoms with Gasteiger partial charge in [-0.15, -0.1) is 0 Å². The van der Waals surface area contributed by atoms with Crippen LogP contribution in [0.5, 0.6) is 0 Å². The summed E-state index contributed by atoms with van der Waals surface area (Å²) in [7, 11) is 0. The molecule has 0 saturated carbocycles. The molecular weight excluding hydrogens is 502 g/mol. The number of nitrogens with zero attached hydrogens (tertiary/aromatic N) is 3. The first-order chi connectivity index (χ1) is 18.5. The lowest BCUT2D eigenvalue weighted by molar-refractivity contribution is -0.137. The Morgan fingerprint density at radius 1 is 0.974 bits per heavy atom. The van der Waals surface area contributed by atoms with Crippen LogP contribution in [-0.4, -0.2) is 51.3 Å². The third-order valence-corrected chi connectivity index (χ3v) is 7.04. The fraction of sp³-hybridized carbons (Fsp3) is 0.179. The highest BCUT2D eigenvalue weighted by atomic mass is 32.1. The van der Waals surface area contributed by atoms with Gasteiger partial charge >= 0.3 is 5.97 Å². The summed E-state index contributed by atoms with van der Waals surface area (Å²) in [5, 5.41) is 16.4. The van der Waals surface area contributed by atoms with Gasteiger partial charge in [0.05, 0.1) is 10.2 Å². The van der Waals surface area contributed by atoms with Gasteiger partial charge in [0, 0.05) is 24.2 Å². The van der Waals surface area contributed by atoms with Crippen molar-refractivity contribution in [2.75, 3.05) is 17.2 Å². The number of carboxylic acids is 1. The second kappa shape index (κ2) is 11.2. The molecule has 3 aromatic carbocycles. The Hall–Kier alpha value is -4.57. The molecule has 0 saturated heterocycles. The number of carbonyl (C=O) groups excluding carboxylic acids is 2. The van der Waals surface area contributed by atoms with E-state index in [1.807, 2.05) is 42.5 Å². The van der Waals surface area contributed by atoms with Crippen LogP contribution in [0.15, 0.2) is 83.9 Å². The second-order valence-corrected chi connectivity index (χ2v) is 9.76. The molecule has 10 heteroatoms. The molecular formula is C28H25N5O4S. The van der Waals surface area contributed by atoms with Crippen LogP contribution in [0.4, 0.5) is 10.8 Å². The average Bonchev–Trinajstić information content (AvgIpc) is 3.48. The molecule has 1 aliphatic heterocycles. The highest BCUT2D eigenvalue weighted by Crippen LogP contribution is 2.25. The fourth-order valence-corrected chi connectivity index (χ4v) is 4.99. The molecule has 0 spiro atoms. The molecule has 3 N–H and O–H groups in total. The smallest absolute Gasteiger partial charge is 0.303 e. The molecule has 1 atom stereocenters. The molecule has 38 heavy (non-hydrogen) atoms. The Morgan fingerprint density at radius 3 is 2.45 bits per heavy atom. The number of aliphatic imine (C=N–C) groups is 1. The molecule has 0 fully saturated rings. The van der Waals surface area contributed by atoms with E-state index >= 15 is 0 Å². The Balaban J connectivity index is 1.24. The SMILES string of the molecule is O=C(O)CC[C@@H]1N=C(Nc2ccc(CCNc3nc4ccccc4s3)cc2)N(C(=O)c2ccccc2)C1=O. The van der Waals surface area contributed by atoms with Crippen LogP contribution in [-0.2, 0) is 16.0 Å². The summed E-state index contributed by atoms with van der Waals surface area (Å²) in [4.78, 5) is 47.2. The number of fused-ring (bicyclic) bond motifs is 1. The molecule has 0 bridgehead atoms. The van der Waals surface area contributed by atoms with Crippen LogP contribution in [0, 0.1) is 0 Å². The summed E-state index contributed by atoms with van der Waals surface area (Å²) in [6.45, 7) is 0.721. The molecule has 5 rings (SSSR count). The van der Waals surface area contributed by atoms with E-state index in [0.717, 1.165) is 38.8 Å². The average molecular weight is 528 g/mol. The van der Waals surface area contributed by atoms with Gasteiger partial charge in [0.25, 0.3) is 11.8 Å². The fourth-order valence-electron chi connectivity index (χ4n) is 4.10. The molecule has 4 aromatic rings. The number of guanidine groups is 1. The van der Waals surface area contributed by atoms with Crippen molar-refractivity contribution in [1.82, 2.24) is 9.88 Å². The lowest BCUT2D eigenvalue weighted by Gasteiger charge is -2.18. The minimum Gasteiger partial charge on any atom is -0.481 e. The number of carboxylic acid groups (broad SMARTS) is 1. The van der Waals surface area contributed by atoms with E-state index in [2.05, 4.69) is 26.7 Å². The van der Waals surface area contributed by atoms with Gasteiger partial charge in [-0.25, -0.2) is 14.9 Å². The highest BCUT2D eigenvalue weighted by molar-refractivity contribution is 7.22. The van der Waals surface area contributed by atoms with Crippen LogP contribution in [0.25, 0.3) is 10.2 Å². The minimum absolute atomic E-state index is 0.0124. The van der Waals surface area contributed by atoms with Crippen molar-refractivity contribution in [2.24, 2.45) is 4.99 Å². The number of aliphatic carboxylic acids is 1.